The van der Waals surface area contributed by atoms with E-state index in [1.165, 1.54) is 20.1 Å². The number of halogens is 1. The number of imide groups is 1. The number of nitrogens with zero attached hydrogens (tertiary/aromatic N) is 1. The predicted molar refractivity (Wildman–Crippen MR) is 288 cm³/mol. The van der Waals surface area contributed by atoms with Crippen LogP contribution in [0.2, 0.25) is 5.02 Å². The number of carbonyl (C=O) groups excluding carboxylic acids is 10. The number of ether oxygens (including phenoxy) is 3. The van der Waals surface area contributed by atoms with E-state index in [9.17, 15) is 47.9 Å². The van der Waals surface area contributed by atoms with Gasteiger partial charge in [0.1, 0.15) is 42.1 Å². The highest BCUT2D eigenvalue weighted by molar-refractivity contribution is 6.32. The number of carbonyl (C=O) groups is 10. The zero-order chi connectivity index (χ0) is 57.9. The van der Waals surface area contributed by atoms with E-state index >= 15 is 0 Å². The summed E-state index contributed by atoms with van der Waals surface area (Å²) in [5.41, 5.74) is 1.09. The molecule has 1 saturated carbocycles. The van der Waals surface area contributed by atoms with Gasteiger partial charge in [-0.2, -0.15) is 0 Å². The van der Waals surface area contributed by atoms with Gasteiger partial charge in [0, 0.05) is 57.0 Å². The number of hydrogen-bond donors (Lipinski definition) is 6. The van der Waals surface area contributed by atoms with Crippen LogP contribution in [0.3, 0.4) is 0 Å². The molecular weight excluding hydrogens is 1040 g/mol. The van der Waals surface area contributed by atoms with Crippen molar-refractivity contribution in [3.05, 3.63) is 76.3 Å². The monoisotopic (exact) mass is 1120 g/mol. The fraction of sp³-hybridized carbons (Fsp3) is 0.579. The molecule has 3 aliphatic heterocycles. The Kier molecular flexibility index (Phi) is 21.2. The second-order valence-corrected chi connectivity index (χ2v) is 22.7. The third kappa shape index (κ3) is 17.1. The Hall–Kier alpha value is -6.87. The fourth-order valence-corrected chi connectivity index (χ4v) is 9.95. The van der Waals surface area contributed by atoms with Gasteiger partial charge in [-0.25, -0.2) is 9.59 Å². The SMILES string of the molecule is COc1ccc(C[C@H]2NC(=O)C=CC[C@@H]([C@H](C)[C@H]3O[C@@H]3c3ccc(CNC(=O)C(C)NC(=O)C(NC(=O)CCCC(=O)ON4C(=O)CCC4=O)C(C)C)cc3)OC(=O)[C@H](CC(C)C)NC(=O)C(C)(C)C(C3CC3)NC2=O)cc1Cl. The van der Waals surface area contributed by atoms with Crippen molar-refractivity contribution in [2.24, 2.45) is 29.1 Å². The van der Waals surface area contributed by atoms with Crippen molar-refractivity contribution in [3.8, 4) is 5.75 Å². The minimum Gasteiger partial charge on any atom is -0.495 e. The molecule has 79 heavy (non-hydrogen) atoms. The second-order valence-electron chi connectivity index (χ2n) is 22.3. The maximum absolute atomic E-state index is 14.3. The Morgan fingerprint density at radius 2 is 1.51 bits per heavy atom. The summed E-state index contributed by atoms with van der Waals surface area (Å²) in [6.07, 6.45) is 2.99. The van der Waals surface area contributed by atoms with Gasteiger partial charge < -0.3 is 50.9 Å². The van der Waals surface area contributed by atoms with Gasteiger partial charge in [-0.05, 0) is 99.1 Å². The molecule has 9 atom stereocenters. The normalized spacial score (nSPS) is 23.9. The summed E-state index contributed by atoms with van der Waals surface area (Å²) < 4.78 is 17.8. The lowest BCUT2D eigenvalue weighted by Crippen LogP contribution is -2.59. The van der Waals surface area contributed by atoms with E-state index in [4.69, 9.17) is 30.6 Å². The van der Waals surface area contributed by atoms with Gasteiger partial charge in [-0.3, -0.25) is 38.4 Å². The van der Waals surface area contributed by atoms with E-state index in [1.807, 2.05) is 45.0 Å². The number of methoxy groups -OCH3 is 1. The van der Waals surface area contributed by atoms with Crippen molar-refractivity contribution in [2.45, 2.75) is 175 Å². The number of hydrogen-bond acceptors (Lipinski definition) is 14. The summed E-state index contributed by atoms with van der Waals surface area (Å²) in [5, 5.41) is 17.8. The molecule has 8 amide bonds. The molecule has 1 aliphatic carbocycles. The van der Waals surface area contributed by atoms with Crippen molar-refractivity contribution in [1.29, 1.82) is 0 Å². The van der Waals surface area contributed by atoms with Crippen LogP contribution in [0.1, 0.15) is 136 Å². The van der Waals surface area contributed by atoms with Crippen molar-refractivity contribution >= 4 is 70.8 Å². The second kappa shape index (κ2) is 27.3. The molecule has 22 heteroatoms. The summed E-state index contributed by atoms with van der Waals surface area (Å²) in [6.45, 7) is 14.4. The number of epoxide rings is 1. The Morgan fingerprint density at radius 1 is 0.835 bits per heavy atom. The first kappa shape index (κ1) is 61.3. The largest absolute Gasteiger partial charge is 0.495 e. The van der Waals surface area contributed by atoms with E-state index in [1.54, 1.807) is 52.0 Å². The van der Waals surface area contributed by atoms with Crippen LogP contribution in [0, 0.1) is 29.1 Å². The number of nitrogens with one attached hydrogen (secondary N) is 6. The van der Waals surface area contributed by atoms with Crippen molar-refractivity contribution in [1.82, 2.24) is 37.0 Å². The quantitative estimate of drug-likeness (QED) is 0.0570. The van der Waals surface area contributed by atoms with Crippen LogP contribution in [0.25, 0.3) is 0 Å². The molecular formula is C57H76ClN7O14. The highest BCUT2D eigenvalue weighted by Gasteiger charge is 2.50. The highest BCUT2D eigenvalue weighted by atomic mass is 35.5. The smallest absolute Gasteiger partial charge is 0.333 e. The van der Waals surface area contributed by atoms with E-state index in [2.05, 4.69) is 31.9 Å². The summed E-state index contributed by atoms with van der Waals surface area (Å²) in [7, 11) is 1.50. The predicted octanol–water partition coefficient (Wildman–Crippen LogP) is 4.51. The fourth-order valence-electron chi connectivity index (χ4n) is 9.67. The molecule has 6 rings (SSSR count). The maximum atomic E-state index is 14.3. The molecule has 0 radical (unpaired) electrons. The molecule has 3 unspecified atom stereocenters. The summed E-state index contributed by atoms with van der Waals surface area (Å²) in [5.74, 6) is -6.00. The zero-order valence-corrected chi connectivity index (χ0v) is 47.2. The first-order valence-corrected chi connectivity index (χ1v) is 27.5. The third-order valence-electron chi connectivity index (χ3n) is 14.7. The average Bonchev–Trinajstić information content (AvgIpc) is 4.36. The molecule has 3 fully saturated rings. The molecule has 2 saturated heterocycles. The van der Waals surface area contributed by atoms with Crippen LogP contribution < -0.4 is 36.6 Å². The molecule has 0 spiro atoms. The molecule has 2 aromatic rings. The minimum atomic E-state index is -1.17. The van der Waals surface area contributed by atoms with Crippen LogP contribution in [0.5, 0.6) is 5.75 Å². The number of hydroxylamine groups is 2. The Bertz CT molecular complexity index is 2620. The van der Waals surface area contributed by atoms with Gasteiger partial charge in [0.2, 0.25) is 35.4 Å². The number of rotatable bonds is 21. The van der Waals surface area contributed by atoms with Crippen LogP contribution in [-0.4, -0.2) is 114 Å². The number of esters is 1. The van der Waals surface area contributed by atoms with Crippen molar-refractivity contribution < 1.29 is 67.0 Å². The van der Waals surface area contributed by atoms with E-state index < -0.39 is 113 Å². The summed E-state index contributed by atoms with van der Waals surface area (Å²) >= 11 is 6.45. The molecule has 0 bridgehead atoms. The number of benzene rings is 2. The lowest BCUT2D eigenvalue weighted by molar-refractivity contribution is -0.197. The van der Waals surface area contributed by atoms with E-state index in [0.29, 0.717) is 21.4 Å². The zero-order valence-electron chi connectivity index (χ0n) is 46.4. The van der Waals surface area contributed by atoms with Gasteiger partial charge in [-0.15, -0.1) is 5.06 Å². The van der Waals surface area contributed by atoms with Crippen LogP contribution in [0.4, 0.5) is 0 Å². The third-order valence-corrected chi connectivity index (χ3v) is 14.9. The summed E-state index contributed by atoms with van der Waals surface area (Å²) in [6, 6.07) is 7.90. The lowest BCUT2D eigenvalue weighted by atomic mass is 9.80. The first-order valence-electron chi connectivity index (χ1n) is 27.2. The van der Waals surface area contributed by atoms with Crippen LogP contribution >= 0.6 is 11.6 Å². The maximum Gasteiger partial charge on any atom is 0.333 e. The van der Waals surface area contributed by atoms with Gasteiger partial charge >= 0.3 is 11.9 Å². The lowest BCUT2D eigenvalue weighted by Gasteiger charge is -2.36. The summed E-state index contributed by atoms with van der Waals surface area (Å²) in [4.78, 5) is 136. The minimum absolute atomic E-state index is 0.00294. The van der Waals surface area contributed by atoms with E-state index in [-0.39, 0.29) is 81.8 Å². The molecule has 0 aromatic heterocycles. The first-order chi connectivity index (χ1) is 37.4. The topological polar surface area (TPSA) is 286 Å². The average molecular weight is 1120 g/mol. The van der Waals surface area contributed by atoms with Crippen molar-refractivity contribution in [2.75, 3.05) is 7.11 Å². The molecule has 21 nitrogen and oxygen atoms in total. The van der Waals surface area contributed by atoms with Crippen LogP contribution in [0.15, 0.2) is 54.6 Å². The van der Waals surface area contributed by atoms with Gasteiger partial charge in [0.15, 0.2) is 0 Å². The highest BCUT2D eigenvalue weighted by Crippen LogP contribution is 2.45. The molecule has 2 aromatic carbocycles. The molecule has 6 N–H and O–H groups in total. The van der Waals surface area contributed by atoms with Gasteiger partial charge in [-0.1, -0.05) is 82.6 Å². The standard InChI is InChI=1S/C57H76ClN7O14/c1-30(2)26-40-55(74)77-41(12-10-13-43(66)61-39(28-35-18-23-42(76-9)38(58)27-35)53(72)64-51(37-21-22-37)57(7,8)56(75)62-40)32(5)49-50(78-49)36-19-16-34(17-20-36)29-59-52(71)33(6)60-54(73)48(31(3)4)63-44(67)14-11-15-47(70)79-65-45(68)24-25-46(65)69/h10,13,16-20,23,27,30-33,37,39-41,48-51H,11-12,14-15,21-22,24-26,28-29H2,1-9H3,(H,59,71)(H,60,73)(H,61,66)(H,62,75)(H,63,67)(H,64,72)/t32-,33?,39+,40-,41-,48?,49+,50+,51?/m0/s1. The molecule has 3 heterocycles. The van der Waals surface area contributed by atoms with E-state index in [0.717, 1.165) is 24.0 Å². The molecule has 430 valence electrons. The van der Waals surface area contributed by atoms with Crippen molar-refractivity contribution in [3.63, 3.8) is 0 Å². The number of amides is 8. The number of cyclic esters (lactones) is 1. The Labute approximate surface area is 466 Å². The van der Waals surface area contributed by atoms with Gasteiger partial charge in [0.25, 0.3) is 11.8 Å². The Morgan fingerprint density at radius 3 is 2.13 bits per heavy atom. The van der Waals surface area contributed by atoms with Gasteiger partial charge in [0.05, 0.1) is 23.7 Å². The Balaban J connectivity index is 1.06. The van der Waals surface area contributed by atoms with Crippen LogP contribution in [-0.2, 0) is 75.2 Å². The molecule has 4 aliphatic rings.